The van der Waals surface area contributed by atoms with Crippen molar-refractivity contribution in [3.8, 4) is 0 Å². The predicted octanol–water partition coefficient (Wildman–Crippen LogP) is 1.72. The van der Waals surface area contributed by atoms with Gasteiger partial charge in [0.15, 0.2) is 0 Å². The van der Waals surface area contributed by atoms with E-state index >= 15 is 0 Å². The van der Waals surface area contributed by atoms with Gasteiger partial charge >= 0.3 is 6.03 Å². The second-order valence-electron chi connectivity index (χ2n) is 7.93. The Kier molecular flexibility index (Phi) is 7.13. The van der Waals surface area contributed by atoms with Crippen molar-refractivity contribution in [2.75, 3.05) is 44.3 Å². The van der Waals surface area contributed by atoms with E-state index in [1.165, 1.54) is 10.6 Å². The van der Waals surface area contributed by atoms with Crippen LogP contribution in [-0.2, 0) is 14.8 Å². The first-order valence-electron chi connectivity index (χ1n) is 10.2. The van der Waals surface area contributed by atoms with Gasteiger partial charge < -0.3 is 15.5 Å². The van der Waals surface area contributed by atoms with E-state index in [1.807, 2.05) is 30.3 Å². The highest BCUT2D eigenvalue weighted by Crippen LogP contribution is 2.20. The van der Waals surface area contributed by atoms with Crippen LogP contribution in [0.3, 0.4) is 0 Å². The number of hydrogen-bond acceptors (Lipinski definition) is 4. The number of urea groups is 1. The Hall–Kier alpha value is -2.13. The monoisotopic (exact) mass is 422 g/mol. The number of carbonyl (C=O) groups is 2. The topological polar surface area (TPSA) is 98.8 Å². The number of piperidine rings is 2. The van der Waals surface area contributed by atoms with Gasteiger partial charge in [-0.25, -0.2) is 17.5 Å². The SMILES string of the molecule is CS(=O)(=O)N1CCC(CNC(=O)N2CCCC(C(=O)Nc3ccccc3)C2)CC1. The number of nitrogens with zero attached hydrogens (tertiary/aromatic N) is 2. The first kappa shape index (κ1) is 21.6. The van der Waals surface area contributed by atoms with Crippen molar-refractivity contribution in [2.45, 2.75) is 25.7 Å². The van der Waals surface area contributed by atoms with Gasteiger partial charge in [0, 0.05) is 38.4 Å². The second-order valence-corrected chi connectivity index (χ2v) is 9.91. The average Bonchev–Trinajstić information content (AvgIpc) is 2.72. The van der Waals surface area contributed by atoms with E-state index in [1.54, 1.807) is 4.90 Å². The van der Waals surface area contributed by atoms with Gasteiger partial charge in [0.05, 0.1) is 12.2 Å². The summed E-state index contributed by atoms with van der Waals surface area (Å²) in [6.45, 7) is 2.61. The van der Waals surface area contributed by atoms with Crippen LogP contribution < -0.4 is 10.6 Å². The number of amides is 3. The van der Waals surface area contributed by atoms with Gasteiger partial charge in [-0.3, -0.25) is 4.79 Å². The molecule has 1 unspecified atom stereocenters. The number of sulfonamides is 1. The number of likely N-dealkylation sites (tertiary alicyclic amines) is 1. The Morgan fingerprint density at radius 3 is 2.41 bits per heavy atom. The molecule has 2 N–H and O–H groups in total. The lowest BCUT2D eigenvalue weighted by Gasteiger charge is -2.33. The Balaban J connectivity index is 1.43. The summed E-state index contributed by atoms with van der Waals surface area (Å²) in [4.78, 5) is 26.8. The summed E-state index contributed by atoms with van der Waals surface area (Å²) in [6.07, 6.45) is 4.29. The Morgan fingerprint density at radius 2 is 1.76 bits per heavy atom. The summed E-state index contributed by atoms with van der Waals surface area (Å²) in [6, 6.07) is 9.19. The van der Waals surface area contributed by atoms with Crippen LogP contribution in [0.15, 0.2) is 30.3 Å². The van der Waals surface area contributed by atoms with Gasteiger partial charge in [-0.2, -0.15) is 0 Å². The molecular weight excluding hydrogens is 392 g/mol. The molecule has 2 aliphatic rings. The number of nitrogens with one attached hydrogen (secondary N) is 2. The summed E-state index contributed by atoms with van der Waals surface area (Å²) in [5.41, 5.74) is 0.763. The van der Waals surface area contributed by atoms with E-state index in [9.17, 15) is 18.0 Å². The maximum absolute atomic E-state index is 12.6. The summed E-state index contributed by atoms with van der Waals surface area (Å²) in [5, 5.41) is 5.89. The van der Waals surface area contributed by atoms with E-state index in [0.717, 1.165) is 31.4 Å². The van der Waals surface area contributed by atoms with Gasteiger partial charge in [-0.05, 0) is 43.7 Å². The molecule has 2 saturated heterocycles. The van der Waals surface area contributed by atoms with Crippen LogP contribution in [0.1, 0.15) is 25.7 Å². The number of hydrogen-bond donors (Lipinski definition) is 2. The molecule has 1 aromatic rings. The van der Waals surface area contributed by atoms with Crippen LogP contribution in [0.2, 0.25) is 0 Å². The maximum atomic E-state index is 12.6. The van der Waals surface area contributed by atoms with Gasteiger partial charge in [0.2, 0.25) is 15.9 Å². The fourth-order valence-corrected chi connectivity index (χ4v) is 4.80. The molecule has 0 bridgehead atoms. The van der Waals surface area contributed by atoms with Crippen molar-refractivity contribution in [1.29, 1.82) is 0 Å². The number of rotatable bonds is 5. The summed E-state index contributed by atoms with van der Waals surface area (Å²) in [7, 11) is -3.13. The first-order valence-corrected chi connectivity index (χ1v) is 12.0. The first-order chi connectivity index (χ1) is 13.8. The number of para-hydroxylation sites is 1. The van der Waals surface area contributed by atoms with Gasteiger partial charge in [0.1, 0.15) is 0 Å². The molecule has 160 valence electrons. The molecule has 1 atom stereocenters. The standard InChI is InChI=1S/C20H30N4O4S/c1-29(27,28)24-12-9-16(10-13-24)14-21-20(26)23-11-5-6-17(15-23)19(25)22-18-7-3-2-4-8-18/h2-4,7-8,16-17H,5-6,9-15H2,1H3,(H,21,26)(H,22,25). The number of carbonyl (C=O) groups excluding carboxylic acids is 2. The van der Waals surface area contributed by atoms with Crippen molar-refractivity contribution in [3.63, 3.8) is 0 Å². The molecular formula is C20H30N4O4S. The molecule has 0 spiro atoms. The van der Waals surface area contributed by atoms with Crippen molar-refractivity contribution in [3.05, 3.63) is 30.3 Å². The molecule has 3 amide bonds. The highest BCUT2D eigenvalue weighted by molar-refractivity contribution is 7.88. The van der Waals surface area contributed by atoms with Crippen LogP contribution >= 0.6 is 0 Å². The van der Waals surface area contributed by atoms with Crippen molar-refractivity contribution < 1.29 is 18.0 Å². The Labute approximate surface area is 172 Å². The van der Waals surface area contributed by atoms with Crippen LogP contribution in [0, 0.1) is 11.8 Å². The zero-order valence-electron chi connectivity index (χ0n) is 16.8. The summed E-state index contributed by atoms with van der Waals surface area (Å²) in [5.74, 6) is 0.00784. The molecule has 0 aliphatic carbocycles. The Morgan fingerprint density at radius 1 is 1.07 bits per heavy atom. The molecule has 2 aliphatic heterocycles. The van der Waals surface area contributed by atoms with E-state index in [4.69, 9.17) is 0 Å². The van der Waals surface area contributed by atoms with Gasteiger partial charge in [-0.1, -0.05) is 18.2 Å². The molecule has 0 radical (unpaired) electrons. The Bertz CT molecular complexity index is 807. The molecule has 0 aromatic heterocycles. The minimum atomic E-state index is -3.13. The third-order valence-corrected chi connectivity index (χ3v) is 7.01. The summed E-state index contributed by atoms with van der Waals surface area (Å²) < 4.78 is 24.7. The molecule has 2 fully saturated rings. The fraction of sp³-hybridized carbons (Fsp3) is 0.600. The van der Waals surface area contributed by atoms with Crippen LogP contribution in [0.4, 0.5) is 10.5 Å². The van der Waals surface area contributed by atoms with Crippen LogP contribution in [-0.4, -0.2) is 68.5 Å². The maximum Gasteiger partial charge on any atom is 0.317 e. The van der Waals surface area contributed by atoms with Gasteiger partial charge in [-0.15, -0.1) is 0 Å². The fourth-order valence-electron chi connectivity index (χ4n) is 3.93. The average molecular weight is 423 g/mol. The van der Waals surface area contributed by atoms with Crippen LogP contribution in [0.5, 0.6) is 0 Å². The highest BCUT2D eigenvalue weighted by atomic mass is 32.2. The minimum Gasteiger partial charge on any atom is -0.338 e. The molecule has 3 rings (SSSR count). The largest absolute Gasteiger partial charge is 0.338 e. The van der Waals surface area contributed by atoms with E-state index in [2.05, 4.69) is 10.6 Å². The number of anilines is 1. The molecule has 29 heavy (non-hydrogen) atoms. The second kappa shape index (κ2) is 9.58. The lowest BCUT2D eigenvalue weighted by Crippen LogP contribution is -2.49. The smallest absolute Gasteiger partial charge is 0.317 e. The zero-order chi connectivity index (χ0) is 20.9. The van der Waals surface area contributed by atoms with E-state index < -0.39 is 10.0 Å². The highest BCUT2D eigenvalue weighted by Gasteiger charge is 2.29. The number of benzene rings is 1. The van der Waals surface area contributed by atoms with Crippen molar-refractivity contribution in [2.24, 2.45) is 11.8 Å². The van der Waals surface area contributed by atoms with E-state index in [-0.39, 0.29) is 23.8 Å². The summed E-state index contributed by atoms with van der Waals surface area (Å²) >= 11 is 0. The third kappa shape index (κ3) is 6.17. The van der Waals surface area contributed by atoms with E-state index in [0.29, 0.717) is 32.7 Å². The molecule has 1 aromatic carbocycles. The molecule has 2 heterocycles. The molecule has 0 saturated carbocycles. The predicted molar refractivity (Wildman–Crippen MR) is 112 cm³/mol. The zero-order valence-corrected chi connectivity index (χ0v) is 17.7. The normalized spacial score (nSPS) is 21.6. The minimum absolute atomic E-state index is 0.0538. The lowest BCUT2D eigenvalue weighted by atomic mass is 9.97. The van der Waals surface area contributed by atoms with Crippen molar-refractivity contribution >= 4 is 27.6 Å². The van der Waals surface area contributed by atoms with Crippen LogP contribution in [0.25, 0.3) is 0 Å². The lowest BCUT2D eigenvalue weighted by molar-refractivity contribution is -0.121. The van der Waals surface area contributed by atoms with Gasteiger partial charge in [0.25, 0.3) is 0 Å². The molecule has 8 nitrogen and oxygen atoms in total. The quantitative estimate of drug-likeness (QED) is 0.755. The van der Waals surface area contributed by atoms with Crippen molar-refractivity contribution in [1.82, 2.24) is 14.5 Å². The third-order valence-electron chi connectivity index (χ3n) is 5.71. The molecule has 9 heteroatoms.